The van der Waals surface area contributed by atoms with E-state index in [4.69, 9.17) is 23.2 Å². The topological polar surface area (TPSA) is 36.4 Å². The first-order chi connectivity index (χ1) is 14.0. The van der Waals surface area contributed by atoms with E-state index in [9.17, 15) is 9.50 Å². The third-order valence-corrected chi connectivity index (χ3v) is 5.59. The first kappa shape index (κ1) is 19.9. The van der Waals surface area contributed by atoms with E-state index in [1.807, 2.05) is 36.4 Å². The van der Waals surface area contributed by atoms with Crippen LogP contribution in [0.2, 0.25) is 10.0 Å². The number of aromatic hydroxyl groups is 1. The lowest BCUT2D eigenvalue weighted by atomic mass is 10.1. The summed E-state index contributed by atoms with van der Waals surface area (Å²) in [6.07, 6.45) is 7.09. The van der Waals surface area contributed by atoms with Crippen molar-refractivity contribution in [2.75, 3.05) is 13.1 Å². The predicted molar refractivity (Wildman–Crippen MR) is 117 cm³/mol. The molecule has 1 aromatic heterocycles. The van der Waals surface area contributed by atoms with Gasteiger partial charge < -0.3 is 5.11 Å². The maximum Gasteiger partial charge on any atom is 0.160 e. The molecule has 4 rings (SSSR count). The summed E-state index contributed by atoms with van der Waals surface area (Å²) in [5.74, 6) is -0.269. The van der Waals surface area contributed by atoms with E-state index in [0.29, 0.717) is 15.9 Å². The number of fused-ring (bicyclic) bond motifs is 1. The monoisotopic (exact) mass is 428 g/mol. The van der Waals surface area contributed by atoms with Crippen LogP contribution in [0.3, 0.4) is 0 Å². The second-order valence-electron chi connectivity index (χ2n) is 7.05. The van der Waals surface area contributed by atoms with E-state index in [1.54, 1.807) is 0 Å². The van der Waals surface area contributed by atoms with Gasteiger partial charge in [-0.15, -0.1) is 0 Å². The van der Waals surface area contributed by atoms with Gasteiger partial charge in [0.05, 0.1) is 15.7 Å². The number of hydrogen-bond acceptors (Lipinski definition) is 3. The fourth-order valence-corrected chi connectivity index (χ4v) is 3.89. The van der Waals surface area contributed by atoms with Crippen LogP contribution in [-0.4, -0.2) is 28.1 Å². The normalized spacial score (nSPS) is 15.2. The molecule has 0 bridgehead atoms. The lowest BCUT2D eigenvalue weighted by molar-refractivity contribution is 0.287. The van der Waals surface area contributed by atoms with Gasteiger partial charge in [-0.1, -0.05) is 47.5 Å². The van der Waals surface area contributed by atoms with Crippen LogP contribution in [0.1, 0.15) is 17.7 Å². The van der Waals surface area contributed by atoms with Crippen molar-refractivity contribution in [3.8, 4) is 5.75 Å². The Kier molecular flexibility index (Phi) is 5.86. The number of hydrogen-bond donors (Lipinski definition) is 1. The highest BCUT2D eigenvalue weighted by molar-refractivity contribution is 6.39. The van der Waals surface area contributed by atoms with Crippen LogP contribution in [0.25, 0.3) is 17.0 Å². The third-order valence-electron chi connectivity index (χ3n) is 4.99. The third kappa shape index (κ3) is 4.61. The minimum atomic E-state index is -0.208. The summed E-state index contributed by atoms with van der Waals surface area (Å²) >= 11 is 12.2. The van der Waals surface area contributed by atoms with Crippen LogP contribution in [0, 0.1) is 5.82 Å². The zero-order chi connectivity index (χ0) is 20.4. The lowest BCUT2D eigenvalue weighted by Gasteiger charge is -2.25. The minimum absolute atomic E-state index is 0.0605. The molecule has 0 saturated heterocycles. The summed E-state index contributed by atoms with van der Waals surface area (Å²) in [5.41, 5.74) is 3.46. The summed E-state index contributed by atoms with van der Waals surface area (Å²) in [6, 6.07) is 11.9. The minimum Gasteiger partial charge on any atom is -0.504 e. The van der Waals surface area contributed by atoms with Gasteiger partial charge >= 0.3 is 0 Å². The largest absolute Gasteiger partial charge is 0.504 e. The van der Waals surface area contributed by atoms with Crippen molar-refractivity contribution >= 4 is 40.2 Å². The van der Waals surface area contributed by atoms with Crippen molar-refractivity contribution in [2.45, 2.75) is 13.0 Å². The summed E-state index contributed by atoms with van der Waals surface area (Å²) in [7, 11) is 0. The summed E-state index contributed by atoms with van der Waals surface area (Å²) in [6.45, 7) is 2.58. The Morgan fingerprint density at radius 3 is 2.59 bits per heavy atom. The first-order valence-electron chi connectivity index (χ1n) is 9.31. The molecule has 1 aliphatic rings. The van der Waals surface area contributed by atoms with Crippen molar-refractivity contribution in [3.05, 3.63) is 87.3 Å². The van der Waals surface area contributed by atoms with Crippen molar-refractivity contribution in [1.82, 2.24) is 9.88 Å². The van der Waals surface area contributed by atoms with E-state index >= 15 is 0 Å². The summed E-state index contributed by atoms with van der Waals surface area (Å²) in [5, 5.41) is 11.5. The van der Waals surface area contributed by atoms with Gasteiger partial charge in [0.1, 0.15) is 11.3 Å². The van der Waals surface area contributed by atoms with Crippen molar-refractivity contribution in [2.24, 2.45) is 0 Å². The summed E-state index contributed by atoms with van der Waals surface area (Å²) < 4.78 is 13.0. The van der Waals surface area contributed by atoms with E-state index < -0.39 is 0 Å². The molecule has 0 radical (unpaired) electrons. The zero-order valence-electron chi connectivity index (χ0n) is 15.6. The molecule has 148 valence electrons. The number of phenols is 1. The standard InChI is InChI=1S/C23H19Cl2FN2O/c24-20-13-21(25)23(29)22-19(20)8-7-18(27-22)6-3-15-9-11-28(12-10-15)14-16-1-4-17(26)5-2-16/h1-9,13,29H,10-12,14H2/b6-3+. The molecular formula is C23H19Cl2FN2O. The molecule has 0 unspecified atom stereocenters. The van der Waals surface area contributed by atoms with Crippen molar-refractivity contribution < 1.29 is 9.50 Å². The zero-order valence-corrected chi connectivity index (χ0v) is 17.1. The SMILES string of the molecule is Oc1c(Cl)cc(Cl)c2ccc(/C=C/C3=CCN(Cc4ccc(F)cc4)CC3)nc12. The number of pyridine rings is 1. The molecule has 0 fully saturated rings. The Morgan fingerprint density at radius 1 is 1.07 bits per heavy atom. The molecule has 0 spiro atoms. The molecule has 0 aliphatic carbocycles. The summed E-state index contributed by atoms with van der Waals surface area (Å²) in [4.78, 5) is 6.81. The average molecular weight is 429 g/mol. The van der Waals surface area contributed by atoms with Gasteiger partial charge in [0.25, 0.3) is 0 Å². The van der Waals surface area contributed by atoms with Gasteiger partial charge in [-0.05, 0) is 54.0 Å². The number of allylic oxidation sites excluding steroid dienone is 1. The van der Waals surface area contributed by atoms with Crippen molar-refractivity contribution in [1.29, 1.82) is 0 Å². The van der Waals surface area contributed by atoms with E-state index in [0.717, 1.165) is 37.3 Å². The number of rotatable bonds is 4. The maximum absolute atomic E-state index is 13.0. The fourth-order valence-electron chi connectivity index (χ4n) is 3.37. The molecule has 1 aliphatic heterocycles. The smallest absolute Gasteiger partial charge is 0.160 e. The Hall–Kier alpha value is -2.40. The average Bonchev–Trinajstić information content (AvgIpc) is 2.73. The van der Waals surface area contributed by atoms with Crippen LogP contribution in [0.4, 0.5) is 4.39 Å². The Bertz CT molecular complexity index is 1110. The van der Waals surface area contributed by atoms with Crippen LogP contribution < -0.4 is 0 Å². The van der Waals surface area contributed by atoms with Crippen molar-refractivity contribution in [3.63, 3.8) is 0 Å². The molecule has 3 nitrogen and oxygen atoms in total. The van der Waals surface area contributed by atoms with Gasteiger partial charge in [-0.3, -0.25) is 4.90 Å². The lowest BCUT2D eigenvalue weighted by Crippen LogP contribution is -2.28. The molecule has 2 heterocycles. The number of nitrogens with zero attached hydrogens (tertiary/aromatic N) is 2. The Balaban J connectivity index is 1.45. The van der Waals surface area contributed by atoms with Gasteiger partial charge in [-0.25, -0.2) is 9.37 Å². The van der Waals surface area contributed by atoms with Crippen LogP contribution in [0.15, 0.2) is 60.2 Å². The molecule has 0 saturated carbocycles. The Labute approximate surface area is 178 Å². The number of phenolic OH excluding ortho intramolecular Hbond substituents is 1. The second kappa shape index (κ2) is 8.54. The molecule has 0 amide bonds. The molecule has 1 N–H and O–H groups in total. The maximum atomic E-state index is 13.0. The Morgan fingerprint density at radius 2 is 1.86 bits per heavy atom. The number of halogens is 3. The van der Waals surface area contributed by atoms with Crippen LogP contribution in [-0.2, 0) is 6.54 Å². The second-order valence-corrected chi connectivity index (χ2v) is 7.86. The molecule has 3 aromatic rings. The molecular weight excluding hydrogens is 410 g/mol. The predicted octanol–water partition coefficient (Wildman–Crippen LogP) is 6.23. The van der Waals surface area contributed by atoms with Crippen LogP contribution >= 0.6 is 23.2 Å². The number of benzene rings is 2. The van der Waals surface area contributed by atoms with Gasteiger partial charge in [0.15, 0.2) is 5.75 Å². The van der Waals surface area contributed by atoms with Gasteiger partial charge in [0.2, 0.25) is 0 Å². The molecule has 6 heteroatoms. The highest BCUT2D eigenvalue weighted by Gasteiger charge is 2.12. The molecule has 2 aromatic carbocycles. The highest BCUT2D eigenvalue weighted by Crippen LogP contribution is 2.36. The van der Waals surface area contributed by atoms with E-state index in [2.05, 4.69) is 16.0 Å². The quantitative estimate of drug-likeness (QED) is 0.534. The van der Waals surface area contributed by atoms with Gasteiger partial charge in [0, 0.05) is 25.0 Å². The van der Waals surface area contributed by atoms with E-state index in [1.165, 1.54) is 23.8 Å². The molecule has 0 atom stereocenters. The van der Waals surface area contributed by atoms with E-state index in [-0.39, 0.29) is 16.6 Å². The number of aromatic nitrogens is 1. The fraction of sp³-hybridized carbons (Fsp3) is 0.174. The first-order valence-corrected chi connectivity index (χ1v) is 10.1. The van der Waals surface area contributed by atoms with Crippen LogP contribution in [0.5, 0.6) is 5.75 Å². The molecule has 29 heavy (non-hydrogen) atoms. The highest BCUT2D eigenvalue weighted by atomic mass is 35.5. The van der Waals surface area contributed by atoms with Gasteiger partial charge in [-0.2, -0.15) is 0 Å².